The lowest BCUT2D eigenvalue weighted by Gasteiger charge is -2.32. The molecule has 0 aliphatic carbocycles. The van der Waals surface area contributed by atoms with Gasteiger partial charge < -0.3 is 19.2 Å². The summed E-state index contributed by atoms with van der Waals surface area (Å²) in [7, 11) is 0. The molecule has 0 spiro atoms. The number of amides is 1. The van der Waals surface area contributed by atoms with Crippen LogP contribution in [0, 0.1) is 12.8 Å². The smallest absolute Gasteiger partial charge is 0.336 e. The first-order valence-corrected chi connectivity index (χ1v) is 11.1. The molecule has 8 heteroatoms. The third-order valence-corrected chi connectivity index (χ3v) is 6.47. The average Bonchev–Trinajstić information content (AvgIpc) is 3.18. The zero-order valence-corrected chi connectivity index (χ0v) is 18.1. The predicted molar refractivity (Wildman–Crippen MR) is 118 cm³/mol. The molecule has 0 bridgehead atoms. The van der Waals surface area contributed by atoms with Crippen molar-refractivity contribution in [2.24, 2.45) is 5.92 Å². The predicted octanol–water partition coefficient (Wildman–Crippen LogP) is 3.92. The number of aryl methyl sites for hydroxylation is 1. The van der Waals surface area contributed by atoms with Crippen LogP contribution < -0.4 is 10.4 Å². The van der Waals surface area contributed by atoms with Gasteiger partial charge in [0.05, 0.1) is 5.92 Å². The molecule has 1 aliphatic rings. The summed E-state index contributed by atoms with van der Waals surface area (Å²) in [5, 5.41) is 14.0. The Morgan fingerprint density at radius 1 is 1.26 bits per heavy atom. The highest BCUT2D eigenvalue weighted by molar-refractivity contribution is 7.08. The molecule has 0 saturated carbocycles. The van der Waals surface area contributed by atoms with E-state index in [4.69, 9.17) is 9.15 Å². The molecule has 0 unspecified atom stereocenters. The van der Waals surface area contributed by atoms with E-state index in [1.165, 1.54) is 6.07 Å². The number of aliphatic carboxylic acids is 1. The molecule has 1 N–H and O–H groups in total. The number of benzene rings is 1. The molecule has 1 saturated heterocycles. The maximum Gasteiger partial charge on any atom is 0.336 e. The normalized spacial score (nSPS) is 17.5. The lowest BCUT2D eigenvalue weighted by molar-refractivity contribution is -0.147. The van der Waals surface area contributed by atoms with Crippen LogP contribution in [-0.4, -0.2) is 41.1 Å². The summed E-state index contributed by atoms with van der Waals surface area (Å²) < 4.78 is 11.2. The van der Waals surface area contributed by atoms with E-state index in [1.807, 2.05) is 23.8 Å². The number of ether oxygens (including phenoxy) is 1. The van der Waals surface area contributed by atoms with Crippen molar-refractivity contribution < 1.29 is 23.8 Å². The van der Waals surface area contributed by atoms with Crippen LogP contribution in [0.3, 0.4) is 0 Å². The van der Waals surface area contributed by atoms with Gasteiger partial charge >= 0.3 is 11.6 Å². The van der Waals surface area contributed by atoms with Crippen LogP contribution in [0.4, 0.5) is 0 Å². The molecule has 1 amide bonds. The van der Waals surface area contributed by atoms with E-state index in [-0.39, 0.29) is 12.5 Å². The topological polar surface area (TPSA) is 97.0 Å². The molecular weight excluding hydrogens is 418 g/mol. The van der Waals surface area contributed by atoms with Gasteiger partial charge in [0.1, 0.15) is 11.3 Å². The maximum atomic E-state index is 12.8. The van der Waals surface area contributed by atoms with Gasteiger partial charge in [0, 0.05) is 36.2 Å². The van der Waals surface area contributed by atoms with Crippen molar-refractivity contribution in [2.45, 2.75) is 32.8 Å². The number of likely N-dealkylation sites (tertiary alicyclic amines) is 1. The summed E-state index contributed by atoms with van der Waals surface area (Å²) in [5.74, 6) is -1.27. The Hall–Kier alpha value is -3.13. The Bertz CT molecular complexity index is 1200. The van der Waals surface area contributed by atoms with E-state index in [0.29, 0.717) is 30.7 Å². The lowest BCUT2D eigenvalue weighted by atomic mass is 9.98. The van der Waals surface area contributed by atoms with Gasteiger partial charge in [-0.2, -0.15) is 11.3 Å². The second-order valence-corrected chi connectivity index (χ2v) is 8.57. The highest BCUT2D eigenvalue weighted by atomic mass is 32.1. The molecule has 2 atom stereocenters. The number of hydrogen-bond acceptors (Lipinski definition) is 6. The molecule has 7 nitrogen and oxygen atoms in total. The standard InChI is InChI=1S/C23H23NO6S/c1-13-11-31-12-19(13)18-9-21(25)30-20-8-16(5-6-17(18)20)29-14(2)22(26)24-7-3-4-15(10-24)23(27)28/h5-6,8-9,11-12,14-15H,3-4,7,10H2,1-2H3,(H,27,28)/t14-,15+/m1/s1. The van der Waals surface area contributed by atoms with Crippen LogP contribution in [0.1, 0.15) is 25.3 Å². The third kappa shape index (κ3) is 4.34. The zero-order chi connectivity index (χ0) is 22.1. The van der Waals surface area contributed by atoms with E-state index in [1.54, 1.807) is 35.3 Å². The Labute approximate surface area is 182 Å². The largest absolute Gasteiger partial charge is 0.481 e. The fourth-order valence-corrected chi connectivity index (χ4v) is 4.81. The molecular formula is C23H23NO6S. The number of carbonyl (C=O) groups is 2. The fourth-order valence-electron chi connectivity index (χ4n) is 3.97. The Morgan fingerprint density at radius 2 is 2.06 bits per heavy atom. The summed E-state index contributed by atoms with van der Waals surface area (Å²) in [6.45, 7) is 4.34. The first-order valence-electron chi connectivity index (χ1n) is 10.1. The van der Waals surface area contributed by atoms with Crippen molar-refractivity contribution in [3.05, 3.63) is 51.0 Å². The van der Waals surface area contributed by atoms with Crippen LogP contribution in [0.5, 0.6) is 5.75 Å². The minimum absolute atomic E-state index is 0.192. The number of hydrogen-bond donors (Lipinski definition) is 1. The monoisotopic (exact) mass is 441 g/mol. The fraction of sp³-hybridized carbons (Fsp3) is 0.348. The van der Waals surface area contributed by atoms with Gasteiger partial charge in [-0.3, -0.25) is 9.59 Å². The zero-order valence-electron chi connectivity index (χ0n) is 17.3. The number of nitrogens with zero attached hydrogens (tertiary/aromatic N) is 1. The molecule has 1 aromatic carbocycles. The highest BCUT2D eigenvalue weighted by Crippen LogP contribution is 2.33. The van der Waals surface area contributed by atoms with E-state index in [0.717, 1.165) is 22.1 Å². The average molecular weight is 442 g/mol. The summed E-state index contributed by atoms with van der Waals surface area (Å²) in [4.78, 5) is 37.7. The Morgan fingerprint density at radius 3 is 2.77 bits per heavy atom. The second-order valence-electron chi connectivity index (χ2n) is 7.83. The van der Waals surface area contributed by atoms with Gasteiger partial charge in [-0.15, -0.1) is 0 Å². The SMILES string of the molecule is Cc1cscc1-c1cc(=O)oc2cc(O[C@H](C)C(=O)N3CCC[C@H](C(=O)O)C3)ccc12. The quantitative estimate of drug-likeness (QED) is 0.603. The van der Waals surface area contributed by atoms with Crippen molar-refractivity contribution in [3.8, 4) is 16.9 Å². The summed E-state index contributed by atoms with van der Waals surface area (Å²) in [5.41, 5.74) is 2.79. The molecule has 162 valence electrons. The van der Waals surface area contributed by atoms with E-state index in [2.05, 4.69) is 0 Å². The number of carbonyl (C=O) groups excluding carboxylic acids is 1. The number of carboxylic acids is 1. The van der Waals surface area contributed by atoms with Gasteiger partial charge in [0.15, 0.2) is 6.10 Å². The second kappa shape index (κ2) is 8.55. The maximum absolute atomic E-state index is 12.8. The molecule has 1 fully saturated rings. The van der Waals surface area contributed by atoms with Gasteiger partial charge in [-0.25, -0.2) is 4.79 Å². The van der Waals surface area contributed by atoms with E-state index in [9.17, 15) is 19.5 Å². The van der Waals surface area contributed by atoms with Gasteiger partial charge in [0.25, 0.3) is 5.91 Å². The first-order chi connectivity index (χ1) is 14.8. The molecule has 1 aliphatic heterocycles. The third-order valence-electron chi connectivity index (χ3n) is 5.60. The summed E-state index contributed by atoms with van der Waals surface area (Å²) in [6.07, 6.45) is 0.435. The van der Waals surface area contributed by atoms with Crippen LogP contribution in [-0.2, 0) is 9.59 Å². The summed E-state index contributed by atoms with van der Waals surface area (Å²) in [6, 6.07) is 6.66. The molecule has 4 rings (SSSR count). The molecule has 3 aromatic rings. The van der Waals surface area contributed by atoms with Crippen molar-refractivity contribution in [1.82, 2.24) is 4.90 Å². The van der Waals surface area contributed by atoms with Crippen molar-refractivity contribution in [1.29, 1.82) is 0 Å². The van der Waals surface area contributed by atoms with Crippen molar-refractivity contribution in [2.75, 3.05) is 13.1 Å². The Balaban J connectivity index is 1.56. The van der Waals surface area contributed by atoms with Gasteiger partial charge in [0.2, 0.25) is 0 Å². The van der Waals surface area contributed by atoms with Gasteiger partial charge in [-0.1, -0.05) is 0 Å². The van der Waals surface area contributed by atoms with E-state index < -0.39 is 23.6 Å². The van der Waals surface area contributed by atoms with Crippen molar-refractivity contribution in [3.63, 3.8) is 0 Å². The van der Waals surface area contributed by atoms with Gasteiger partial charge in [-0.05, 0) is 60.7 Å². The summed E-state index contributed by atoms with van der Waals surface area (Å²) >= 11 is 1.57. The van der Waals surface area contributed by atoms with Crippen LogP contribution in [0.2, 0.25) is 0 Å². The first kappa shape index (κ1) is 21.1. The molecule has 2 aromatic heterocycles. The van der Waals surface area contributed by atoms with Crippen molar-refractivity contribution >= 4 is 34.2 Å². The number of rotatable bonds is 5. The molecule has 3 heterocycles. The van der Waals surface area contributed by atoms with E-state index >= 15 is 0 Å². The lowest BCUT2D eigenvalue weighted by Crippen LogP contribution is -2.47. The number of piperidine rings is 1. The Kier molecular flexibility index (Phi) is 5.82. The minimum atomic E-state index is -0.882. The highest BCUT2D eigenvalue weighted by Gasteiger charge is 2.31. The van der Waals surface area contributed by atoms with Crippen LogP contribution in [0.25, 0.3) is 22.1 Å². The molecule has 31 heavy (non-hydrogen) atoms. The number of fused-ring (bicyclic) bond motifs is 1. The minimum Gasteiger partial charge on any atom is -0.481 e. The van der Waals surface area contributed by atoms with Crippen LogP contribution >= 0.6 is 11.3 Å². The van der Waals surface area contributed by atoms with Crippen LogP contribution in [0.15, 0.2) is 44.2 Å². The molecule has 0 radical (unpaired) electrons. The number of thiophene rings is 1. The number of carboxylic acid groups (broad SMARTS) is 1.